The number of aliphatic hydroxyl groups is 1. The highest BCUT2D eigenvalue weighted by atomic mass is 32.2. The highest BCUT2D eigenvalue weighted by Gasteiger charge is 2.27. The SMILES string of the molecule is CC1CSC(c2scc(CO)c2COCc2ccncc2)N1. The first-order chi connectivity index (χ1) is 10.8. The van der Waals surface area contributed by atoms with Crippen molar-refractivity contribution in [3.63, 3.8) is 0 Å². The van der Waals surface area contributed by atoms with Crippen LogP contribution < -0.4 is 5.32 Å². The molecule has 0 bridgehead atoms. The van der Waals surface area contributed by atoms with Crippen molar-refractivity contribution in [2.24, 2.45) is 0 Å². The van der Waals surface area contributed by atoms with Gasteiger partial charge in [-0.15, -0.1) is 23.1 Å². The van der Waals surface area contributed by atoms with Crippen molar-refractivity contribution in [1.82, 2.24) is 10.3 Å². The number of hydrogen-bond acceptors (Lipinski definition) is 6. The van der Waals surface area contributed by atoms with Crippen LogP contribution in [0, 0.1) is 0 Å². The third-order valence-corrected chi connectivity index (χ3v) is 6.32. The maximum atomic E-state index is 9.56. The Kier molecular flexibility index (Phi) is 5.49. The van der Waals surface area contributed by atoms with Gasteiger partial charge in [0.2, 0.25) is 0 Å². The Morgan fingerprint density at radius 3 is 2.86 bits per heavy atom. The fourth-order valence-corrected chi connectivity index (χ4v) is 5.03. The summed E-state index contributed by atoms with van der Waals surface area (Å²) in [6.07, 6.45) is 3.54. The van der Waals surface area contributed by atoms with Crippen LogP contribution in [0.4, 0.5) is 0 Å². The van der Waals surface area contributed by atoms with Gasteiger partial charge in [0.25, 0.3) is 0 Å². The Hall–Kier alpha value is -0.920. The van der Waals surface area contributed by atoms with E-state index < -0.39 is 0 Å². The van der Waals surface area contributed by atoms with Gasteiger partial charge < -0.3 is 9.84 Å². The second-order valence-corrected chi connectivity index (χ2v) is 7.44. The van der Waals surface area contributed by atoms with Gasteiger partial charge in [0.15, 0.2) is 0 Å². The van der Waals surface area contributed by atoms with E-state index in [0.717, 1.165) is 22.4 Å². The topological polar surface area (TPSA) is 54.4 Å². The summed E-state index contributed by atoms with van der Waals surface area (Å²) in [7, 11) is 0. The van der Waals surface area contributed by atoms with Gasteiger partial charge in [-0.05, 0) is 41.1 Å². The van der Waals surface area contributed by atoms with Crippen molar-refractivity contribution in [2.75, 3.05) is 5.75 Å². The number of nitrogens with zero attached hydrogens (tertiary/aromatic N) is 1. The fourth-order valence-electron chi connectivity index (χ4n) is 2.45. The highest BCUT2D eigenvalue weighted by Crippen LogP contribution is 2.39. The van der Waals surface area contributed by atoms with Crippen LogP contribution in [-0.2, 0) is 24.6 Å². The van der Waals surface area contributed by atoms with E-state index in [1.54, 1.807) is 23.7 Å². The molecule has 1 aliphatic heterocycles. The van der Waals surface area contributed by atoms with Gasteiger partial charge in [-0.3, -0.25) is 10.3 Å². The molecule has 0 saturated carbocycles. The van der Waals surface area contributed by atoms with Crippen molar-refractivity contribution >= 4 is 23.1 Å². The van der Waals surface area contributed by atoms with E-state index in [9.17, 15) is 5.11 Å². The second kappa shape index (κ2) is 7.57. The minimum atomic E-state index is 0.0669. The number of hydrogen-bond donors (Lipinski definition) is 2. The number of aliphatic hydroxyl groups excluding tert-OH is 1. The molecule has 2 atom stereocenters. The van der Waals surface area contributed by atoms with Crippen LogP contribution in [0.1, 0.15) is 33.9 Å². The van der Waals surface area contributed by atoms with Crippen LogP contribution in [0.2, 0.25) is 0 Å². The molecule has 4 nitrogen and oxygen atoms in total. The average Bonchev–Trinajstić information content (AvgIpc) is 3.14. The number of aromatic nitrogens is 1. The quantitative estimate of drug-likeness (QED) is 0.849. The number of nitrogens with one attached hydrogen (secondary N) is 1. The van der Waals surface area contributed by atoms with Crippen molar-refractivity contribution < 1.29 is 9.84 Å². The molecule has 2 N–H and O–H groups in total. The zero-order chi connectivity index (χ0) is 15.4. The zero-order valence-corrected chi connectivity index (χ0v) is 14.1. The summed E-state index contributed by atoms with van der Waals surface area (Å²) >= 11 is 3.64. The van der Waals surface area contributed by atoms with Crippen LogP contribution in [0.15, 0.2) is 29.9 Å². The van der Waals surface area contributed by atoms with Crippen molar-refractivity contribution in [3.05, 3.63) is 51.5 Å². The lowest BCUT2D eigenvalue weighted by Gasteiger charge is -2.13. The number of thioether (sulfide) groups is 1. The summed E-state index contributed by atoms with van der Waals surface area (Å²) in [6.45, 7) is 3.36. The molecule has 0 spiro atoms. The van der Waals surface area contributed by atoms with Gasteiger partial charge in [-0.1, -0.05) is 0 Å². The molecule has 0 aliphatic carbocycles. The summed E-state index contributed by atoms with van der Waals surface area (Å²) in [5.74, 6) is 1.12. The molecule has 1 saturated heterocycles. The van der Waals surface area contributed by atoms with Crippen molar-refractivity contribution in [1.29, 1.82) is 0 Å². The number of thiophene rings is 1. The van der Waals surface area contributed by atoms with Crippen molar-refractivity contribution in [2.45, 2.75) is 38.2 Å². The molecule has 1 fully saturated rings. The summed E-state index contributed by atoms with van der Waals surface area (Å²) in [6, 6.07) is 4.44. The average molecular weight is 336 g/mol. The van der Waals surface area contributed by atoms with Gasteiger partial charge in [0, 0.05) is 29.1 Å². The fraction of sp³-hybridized carbons (Fsp3) is 0.438. The second-order valence-electron chi connectivity index (χ2n) is 5.39. The molecule has 0 radical (unpaired) electrons. The standard InChI is InChI=1S/C16H20N2O2S2/c1-11-9-22-16(18-11)15-14(13(6-19)10-21-15)8-20-7-12-2-4-17-5-3-12/h2-5,10-11,16,18-19H,6-9H2,1H3. The van der Waals surface area contributed by atoms with Gasteiger partial charge >= 0.3 is 0 Å². The largest absolute Gasteiger partial charge is 0.392 e. The first-order valence-corrected chi connectivity index (χ1v) is 9.25. The molecular formula is C16H20N2O2S2. The molecule has 0 aromatic carbocycles. The molecule has 0 amide bonds. The van der Waals surface area contributed by atoms with Crippen LogP contribution >= 0.6 is 23.1 Å². The van der Waals surface area contributed by atoms with E-state index in [1.165, 1.54) is 4.88 Å². The minimum Gasteiger partial charge on any atom is -0.392 e. The monoisotopic (exact) mass is 336 g/mol. The minimum absolute atomic E-state index is 0.0669. The molecular weight excluding hydrogens is 316 g/mol. The third kappa shape index (κ3) is 3.70. The molecule has 2 aromatic heterocycles. The van der Waals surface area contributed by atoms with Crippen molar-refractivity contribution in [3.8, 4) is 0 Å². The molecule has 6 heteroatoms. The molecule has 22 heavy (non-hydrogen) atoms. The van der Waals surface area contributed by atoms with E-state index in [2.05, 4.69) is 17.2 Å². The lowest BCUT2D eigenvalue weighted by atomic mass is 10.1. The summed E-state index contributed by atoms with van der Waals surface area (Å²) < 4.78 is 5.86. The van der Waals surface area contributed by atoms with E-state index >= 15 is 0 Å². The smallest absolute Gasteiger partial charge is 0.0889 e. The predicted molar refractivity (Wildman–Crippen MR) is 90.8 cm³/mol. The summed E-state index contributed by atoms with van der Waals surface area (Å²) in [5.41, 5.74) is 3.23. The van der Waals surface area contributed by atoms with Crippen LogP contribution in [0.3, 0.4) is 0 Å². The van der Waals surface area contributed by atoms with E-state index in [1.807, 2.05) is 29.3 Å². The molecule has 2 aromatic rings. The van der Waals surface area contributed by atoms with Crippen LogP contribution in [-0.4, -0.2) is 21.9 Å². The Morgan fingerprint density at radius 2 is 2.18 bits per heavy atom. The Bertz CT molecular complexity index is 603. The molecule has 3 heterocycles. The molecule has 2 unspecified atom stereocenters. The normalized spacial score (nSPS) is 21.4. The number of pyridine rings is 1. The molecule has 3 rings (SSSR count). The summed E-state index contributed by atoms with van der Waals surface area (Å²) in [5, 5.41) is 15.5. The maximum absolute atomic E-state index is 9.56. The van der Waals surface area contributed by atoms with Crippen LogP contribution in [0.25, 0.3) is 0 Å². The Labute approximate surface area is 138 Å². The lowest BCUT2D eigenvalue weighted by molar-refractivity contribution is 0.105. The predicted octanol–water partition coefficient (Wildman–Crippen LogP) is 3.08. The first kappa shape index (κ1) is 16.0. The number of rotatable bonds is 6. The maximum Gasteiger partial charge on any atom is 0.0889 e. The Morgan fingerprint density at radius 1 is 1.36 bits per heavy atom. The summed E-state index contributed by atoms with van der Waals surface area (Å²) in [4.78, 5) is 5.29. The molecule has 118 valence electrons. The van der Waals surface area contributed by atoms with E-state index in [-0.39, 0.29) is 6.61 Å². The van der Waals surface area contributed by atoms with Gasteiger partial charge in [0.05, 0.1) is 25.2 Å². The van der Waals surface area contributed by atoms with Gasteiger partial charge in [-0.25, -0.2) is 0 Å². The van der Waals surface area contributed by atoms with E-state index in [0.29, 0.717) is 24.6 Å². The lowest BCUT2D eigenvalue weighted by Crippen LogP contribution is -2.22. The van der Waals surface area contributed by atoms with Gasteiger partial charge in [-0.2, -0.15) is 0 Å². The Balaban J connectivity index is 1.67. The van der Waals surface area contributed by atoms with Gasteiger partial charge in [0.1, 0.15) is 0 Å². The highest BCUT2D eigenvalue weighted by molar-refractivity contribution is 7.99. The zero-order valence-electron chi connectivity index (χ0n) is 12.5. The number of ether oxygens (including phenoxy) is 1. The molecule has 1 aliphatic rings. The van der Waals surface area contributed by atoms with E-state index in [4.69, 9.17) is 4.74 Å². The first-order valence-electron chi connectivity index (χ1n) is 7.32. The third-order valence-electron chi connectivity index (χ3n) is 3.63. The van der Waals surface area contributed by atoms with Crippen LogP contribution in [0.5, 0.6) is 0 Å².